The molecule has 0 unspecified atom stereocenters. The van der Waals surface area contributed by atoms with E-state index < -0.39 is 23.5 Å². The van der Waals surface area contributed by atoms with Crippen LogP contribution in [0.5, 0.6) is 5.88 Å². The quantitative estimate of drug-likeness (QED) is 0.621. The second-order valence-electron chi connectivity index (χ2n) is 3.05. The van der Waals surface area contributed by atoms with E-state index in [0.717, 1.165) is 0 Å². The maximum absolute atomic E-state index is 13.2. The number of carbonyl (C=O) groups excluding carboxylic acids is 1. The lowest BCUT2D eigenvalue weighted by molar-refractivity contribution is -0.145. The molecule has 6 nitrogen and oxygen atoms in total. The molecule has 0 bridgehead atoms. The van der Waals surface area contributed by atoms with Crippen LogP contribution in [0.1, 0.15) is 0 Å². The largest absolute Gasteiger partial charge is 0.464 e. The summed E-state index contributed by atoms with van der Waals surface area (Å²) in [6.45, 7) is -0.249. The van der Waals surface area contributed by atoms with Gasteiger partial charge in [0.05, 0.1) is 5.69 Å². The van der Waals surface area contributed by atoms with E-state index in [1.807, 2.05) is 0 Å². The van der Waals surface area contributed by atoms with E-state index in [4.69, 9.17) is 39.4 Å². The van der Waals surface area contributed by atoms with E-state index in [1.54, 1.807) is 0 Å². The van der Waals surface area contributed by atoms with Crippen LogP contribution in [0.15, 0.2) is 0 Å². The van der Waals surface area contributed by atoms with Crippen molar-refractivity contribution in [1.29, 1.82) is 0 Å². The van der Waals surface area contributed by atoms with Gasteiger partial charge in [-0.3, -0.25) is 0 Å². The van der Waals surface area contributed by atoms with Gasteiger partial charge in [0, 0.05) is 6.54 Å². The second-order valence-corrected chi connectivity index (χ2v) is 3.80. The number of halogens is 3. The van der Waals surface area contributed by atoms with Crippen LogP contribution < -0.4 is 16.2 Å². The third kappa shape index (κ3) is 3.59. The Labute approximate surface area is 112 Å². The number of anilines is 1. The molecule has 1 aromatic rings. The molecule has 1 rings (SSSR count). The first-order chi connectivity index (χ1) is 8.47. The summed E-state index contributed by atoms with van der Waals surface area (Å²) >= 11 is 11.2. The van der Waals surface area contributed by atoms with Gasteiger partial charge in [-0.2, -0.15) is 9.37 Å². The van der Waals surface area contributed by atoms with Crippen molar-refractivity contribution in [2.75, 3.05) is 25.5 Å². The van der Waals surface area contributed by atoms with E-state index in [1.165, 1.54) is 0 Å². The molecule has 0 amide bonds. The van der Waals surface area contributed by atoms with Gasteiger partial charge in [0.1, 0.15) is 16.7 Å². The highest BCUT2D eigenvalue weighted by Gasteiger charge is 2.17. The number of esters is 1. The summed E-state index contributed by atoms with van der Waals surface area (Å²) < 4.78 is 22.7. The number of pyridine rings is 1. The lowest BCUT2D eigenvalue weighted by atomic mass is 10.4. The summed E-state index contributed by atoms with van der Waals surface area (Å²) in [7, 11) is 0. The fraction of sp³-hybridized carbons (Fsp3) is 0.333. The van der Waals surface area contributed by atoms with Gasteiger partial charge >= 0.3 is 5.97 Å². The van der Waals surface area contributed by atoms with Crippen LogP contribution in [0.2, 0.25) is 10.0 Å². The predicted octanol–water partition coefficient (Wildman–Crippen LogP) is 0.990. The Morgan fingerprint density at radius 1 is 1.39 bits per heavy atom. The molecule has 0 saturated heterocycles. The highest BCUT2D eigenvalue weighted by atomic mass is 35.5. The molecule has 1 heterocycles. The third-order valence-corrected chi connectivity index (χ3v) is 2.47. The lowest BCUT2D eigenvalue weighted by Crippen LogP contribution is -2.19. The fourth-order valence-electron chi connectivity index (χ4n) is 0.947. The number of aromatic nitrogens is 1. The summed E-state index contributed by atoms with van der Waals surface area (Å²) in [4.78, 5) is 14.4. The maximum Gasteiger partial charge on any atom is 0.344 e. The van der Waals surface area contributed by atoms with Crippen molar-refractivity contribution in [3.05, 3.63) is 16.0 Å². The van der Waals surface area contributed by atoms with Crippen LogP contribution in [0, 0.1) is 5.95 Å². The van der Waals surface area contributed by atoms with Crippen molar-refractivity contribution in [3.63, 3.8) is 0 Å². The zero-order chi connectivity index (χ0) is 13.7. The Bertz CT molecular complexity index is 459. The van der Waals surface area contributed by atoms with Crippen LogP contribution >= 0.6 is 23.2 Å². The first kappa shape index (κ1) is 14.7. The van der Waals surface area contributed by atoms with E-state index in [2.05, 4.69) is 9.72 Å². The van der Waals surface area contributed by atoms with Crippen LogP contribution in [0.3, 0.4) is 0 Å². The molecule has 4 N–H and O–H groups in total. The summed E-state index contributed by atoms with van der Waals surface area (Å²) in [6, 6.07) is 0. The normalized spacial score (nSPS) is 10.2. The minimum absolute atomic E-state index is 0.0560. The molecule has 0 atom stereocenters. The Morgan fingerprint density at radius 3 is 2.67 bits per heavy atom. The van der Waals surface area contributed by atoms with Gasteiger partial charge in [0.25, 0.3) is 0 Å². The molecule has 0 radical (unpaired) electrons. The van der Waals surface area contributed by atoms with Crippen LogP contribution in [0.25, 0.3) is 0 Å². The van der Waals surface area contributed by atoms with Gasteiger partial charge in [-0.25, -0.2) is 4.79 Å². The number of rotatable bonds is 5. The Kier molecular flexibility index (Phi) is 5.39. The lowest BCUT2D eigenvalue weighted by Gasteiger charge is -2.09. The zero-order valence-corrected chi connectivity index (χ0v) is 10.6. The van der Waals surface area contributed by atoms with Gasteiger partial charge in [0.2, 0.25) is 11.8 Å². The molecule has 18 heavy (non-hydrogen) atoms. The van der Waals surface area contributed by atoms with Gasteiger partial charge in [0.15, 0.2) is 6.61 Å². The number of hydrogen-bond acceptors (Lipinski definition) is 6. The summed E-state index contributed by atoms with van der Waals surface area (Å²) in [5, 5.41) is -0.578. The molecule has 100 valence electrons. The van der Waals surface area contributed by atoms with Gasteiger partial charge in [-0.1, -0.05) is 23.2 Å². The van der Waals surface area contributed by atoms with E-state index in [9.17, 15) is 9.18 Å². The minimum atomic E-state index is -1.04. The third-order valence-electron chi connectivity index (χ3n) is 1.75. The number of carbonyl (C=O) groups is 1. The van der Waals surface area contributed by atoms with E-state index >= 15 is 0 Å². The summed E-state index contributed by atoms with van der Waals surface area (Å²) in [6.07, 6.45) is 0. The molecule has 0 aromatic carbocycles. The monoisotopic (exact) mass is 297 g/mol. The van der Waals surface area contributed by atoms with Gasteiger partial charge in [-0.15, -0.1) is 0 Å². The molecule has 0 spiro atoms. The molecule has 0 aliphatic carbocycles. The zero-order valence-electron chi connectivity index (χ0n) is 9.08. The van der Waals surface area contributed by atoms with Crippen LogP contribution in [-0.4, -0.2) is 30.7 Å². The van der Waals surface area contributed by atoms with Gasteiger partial charge < -0.3 is 20.9 Å². The Hall–Kier alpha value is -1.31. The smallest absolute Gasteiger partial charge is 0.344 e. The number of nitrogens with two attached hydrogens (primary N) is 2. The van der Waals surface area contributed by atoms with Crippen molar-refractivity contribution >= 4 is 34.9 Å². The first-order valence-electron chi connectivity index (χ1n) is 4.75. The molecule has 0 aliphatic heterocycles. The fourth-order valence-corrected chi connectivity index (χ4v) is 1.32. The molecule has 0 saturated carbocycles. The predicted molar refractivity (Wildman–Crippen MR) is 64.1 cm³/mol. The highest BCUT2D eigenvalue weighted by Crippen LogP contribution is 2.35. The number of nitrogens with zero attached hydrogens (tertiary/aromatic N) is 1. The van der Waals surface area contributed by atoms with Crippen molar-refractivity contribution in [1.82, 2.24) is 4.98 Å². The highest BCUT2D eigenvalue weighted by molar-refractivity contribution is 6.39. The molecule has 0 fully saturated rings. The van der Waals surface area contributed by atoms with Crippen molar-refractivity contribution in [2.24, 2.45) is 5.73 Å². The average Bonchev–Trinajstić information content (AvgIpc) is 2.36. The molecular formula is C9H10Cl2FN3O3. The van der Waals surface area contributed by atoms with Crippen LogP contribution in [0.4, 0.5) is 10.1 Å². The summed E-state index contributed by atoms with van der Waals surface area (Å²) in [5.41, 5.74) is 10.3. The topological polar surface area (TPSA) is 100 Å². The SMILES string of the molecule is NCCOC(=O)COc1nc(F)c(Cl)c(N)c1Cl. The number of ether oxygens (including phenoxy) is 2. The van der Waals surface area contributed by atoms with Gasteiger partial charge in [-0.05, 0) is 0 Å². The average molecular weight is 298 g/mol. The molecule has 0 aliphatic rings. The first-order valence-corrected chi connectivity index (χ1v) is 5.51. The standard InChI is InChI=1S/C9H10Cl2FN3O3/c10-5-7(14)6(11)9(15-8(5)12)18-3-4(16)17-2-1-13/h1-3,13H2,(H2,14,15). The van der Waals surface area contributed by atoms with Crippen LogP contribution in [-0.2, 0) is 9.53 Å². The van der Waals surface area contributed by atoms with E-state index in [-0.39, 0.29) is 29.7 Å². The maximum atomic E-state index is 13.2. The summed E-state index contributed by atoms with van der Waals surface area (Å²) in [5.74, 6) is -2.06. The van der Waals surface area contributed by atoms with Crippen molar-refractivity contribution < 1.29 is 18.7 Å². The molecular weight excluding hydrogens is 288 g/mol. The Morgan fingerprint density at radius 2 is 2.06 bits per heavy atom. The molecule has 9 heteroatoms. The minimum Gasteiger partial charge on any atom is -0.464 e. The Balaban J connectivity index is 2.71. The van der Waals surface area contributed by atoms with E-state index in [0.29, 0.717) is 0 Å². The number of hydrogen-bond donors (Lipinski definition) is 2. The second kappa shape index (κ2) is 6.58. The number of nitrogen functional groups attached to an aromatic ring is 1. The van der Waals surface area contributed by atoms with Crippen molar-refractivity contribution in [2.45, 2.75) is 0 Å². The van der Waals surface area contributed by atoms with Crippen molar-refractivity contribution in [3.8, 4) is 5.88 Å². The molecule has 1 aromatic heterocycles.